The van der Waals surface area contributed by atoms with Gasteiger partial charge in [0.15, 0.2) is 0 Å². The van der Waals surface area contributed by atoms with Crippen molar-refractivity contribution in [2.45, 2.75) is 44.5 Å². The lowest BCUT2D eigenvalue weighted by Gasteiger charge is -2.34. The number of hydrogen-bond acceptors (Lipinski definition) is 7. The van der Waals surface area contributed by atoms with Crippen LogP contribution in [0.3, 0.4) is 0 Å². The maximum Gasteiger partial charge on any atom is 0.263 e. The van der Waals surface area contributed by atoms with Crippen molar-refractivity contribution in [3.63, 3.8) is 0 Å². The number of carbonyl (C=O) groups is 2. The molecule has 2 fully saturated rings. The molecule has 3 heterocycles. The highest BCUT2D eigenvalue weighted by Crippen LogP contribution is 2.41. The molecule has 3 aromatic rings. The highest BCUT2D eigenvalue weighted by Gasteiger charge is 2.33. The molecule has 1 aliphatic carbocycles. The molecular weight excluding hydrogens is 541 g/mol. The number of alkyl halides is 1. The first-order valence-electron chi connectivity index (χ1n) is 14.0. The van der Waals surface area contributed by atoms with Crippen molar-refractivity contribution < 1.29 is 23.5 Å². The van der Waals surface area contributed by atoms with Crippen molar-refractivity contribution in [3.05, 3.63) is 75.3 Å². The van der Waals surface area contributed by atoms with Crippen molar-refractivity contribution in [2.75, 3.05) is 39.2 Å². The van der Waals surface area contributed by atoms with Crippen LogP contribution in [0.2, 0.25) is 0 Å². The number of amides is 2. The Labute approximate surface area is 243 Å². The second kappa shape index (κ2) is 12.4. The van der Waals surface area contributed by atoms with Gasteiger partial charge in [-0.3, -0.25) is 14.4 Å². The Balaban J connectivity index is 1.45. The standard InChI is InChI=1S/C31H36FN5O5/c1-18(41-3)13-33-14-19-9-26(30(39)36(2)15-19)29(38)35-28-11-21(10-27(34-28)20-5-6-20)24-8-7-23(42-4)12-25(24)31(40)37-16-22(32)17-37/h7-12,15,18,20,22,33H,5-6,13-14,16-17H2,1-4H3,(H,34,35,38)/t18-/m0/s1. The number of aryl methyl sites for hydroxylation is 1. The molecule has 0 bridgehead atoms. The summed E-state index contributed by atoms with van der Waals surface area (Å²) >= 11 is 0. The zero-order valence-corrected chi connectivity index (χ0v) is 24.3. The number of anilines is 1. The van der Waals surface area contributed by atoms with Gasteiger partial charge in [-0.25, -0.2) is 9.37 Å². The topological polar surface area (TPSA) is 115 Å². The number of pyridine rings is 2. The van der Waals surface area contributed by atoms with E-state index >= 15 is 0 Å². The summed E-state index contributed by atoms with van der Waals surface area (Å²) in [4.78, 5) is 45.8. The summed E-state index contributed by atoms with van der Waals surface area (Å²) in [6.45, 7) is 3.11. The molecular formula is C31H36FN5O5. The van der Waals surface area contributed by atoms with Gasteiger partial charge < -0.3 is 29.6 Å². The maximum atomic E-state index is 13.6. The lowest BCUT2D eigenvalue weighted by atomic mass is 9.96. The Kier molecular flexibility index (Phi) is 8.69. The van der Waals surface area contributed by atoms with Crippen LogP contribution >= 0.6 is 0 Å². The largest absolute Gasteiger partial charge is 0.497 e. The van der Waals surface area contributed by atoms with Gasteiger partial charge in [-0.2, -0.15) is 0 Å². The van der Waals surface area contributed by atoms with Crippen LogP contribution < -0.4 is 20.9 Å². The SMILES string of the molecule is COc1ccc(-c2cc(NC(=O)c3cc(CNC[C@H](C)OC)cn(C)c3=O)nc(C3CC3)c2)c(C(=O)N2CC(F)C2)c1. The summed E-state index contributed by atoms with van der Waals surface area (Å²) in [6, 6.07) is 10.4. The van der Waals surface area contributed by atoms with E-state index in [-0.39, 0.29) is 42.4 Å². The van der Waals surface area contributed by atoms with Gasteiger partial charge in [0.2, 0.25) is 0 Å². The molecule has 1 saturated carbocycles. The van der Waals surface area contributed by atoms with Crippen LogP contribution in [0.1, 0.15) is 57.7 Å². The molecule has 1 atom stereocenters. The highest BCUT2D eigenvalue weighted by molar-refractivity contribution is 6.05. The summed E-state index contributed by atoms with van der Waals surface area (Å²) in [5, 5.41) is 6.08. The average molecular weight is 578 g/mol. The van der Waals surface area contributed by atoms with Crippen LogP contribution in [0.25, 0.3) is 11.1 Å². The third-order valence-electron chi connectivity index (χ3n) is 7.62. The van der Waals surface area contributed by atoms with E-state index in [9.17, 15) is 18.8 Å². The molecule has 10 nitrogen and oxygen atoms in total. The van der Waals surface area contributed by atoms with Gasteiger partial charge in [0.1, 0.15) is 23.3 Å². The Morgan fingerprint density at radius 3 is 2.55 bits per heavy atom. The van der Waals surface area contributed by atoms with Crippen molar-refractivity contribution in [1.82, 2.24) is 19.8 Å². The number of methoxy groups -OCH3 is 2. The second-order valence-electron chi connectivity index (χ2n) is 11.0. The molecule has 0 radical (unpaired) electrons. The first-order chi connectivity index (χ1) is 20.2. The molecule has 2 aliphatic rings. The van der Waals surface area contributed by atoms with E-state index in [1.165, 1.54) is 16.6 Å². The Hall–Kier alpha value is -4.09. The van der Waals surface area contributed by atoms with Crippen LogP contribution in [0.4, 0.5) is 10.2 Å². The molecule has 5 rings (SSSR count). The lowest BCUT2D eigenvalue weighted by Crippen LogP contribution is -2.51. The predicted octanol–water partition coefficient (Wildman–Crippen LogP) is 3.50. The van der Waals surface area contributed by atoms with Gasteiger partial charge in [0.05, 0.1) is 31.9 Å². The fraction of sp³-hybridized carbons (Fsp3) is 0.419. The normalized spacial score (nSPS) is 15.7. The predicted molar refractivity (Wildman–Crippen MR) is 157 cm³/mol. The van der Waals surface area contributed by atoms with E-state index in [1.54, 1.807) is 50.7 Å². The Morgan fingerprint density at radius 2 is 1.88 bits per heavy atom. The van der Waals surface area contributed by atoms with Crippen molar-refractivity contribution in [1.29, 1.82) is 0 Å². The number of nitrogens with one attached hydrogen (secondary N) is 2. The number of rotatable bonds is 11. The molecule has 1 aliphatic heterocycles. The first kappa shape index (κ1) is 29.4. The molecule has 42 heavy (non-hydrogen) atoms. The number of aromatic nitrogens is 2. The number of hydrogen-bond donors (Lipinski definition) is 2. The summed E-state index contributed by atoms with van der Waals surface area (Å²) in [5.41, 5.74) is 2.82. The number of carbonyl (C=O) groups excluding carboxylic acids is 2. The van der Waals surface area contributed by atoms with Crippen LogP contribution in [0.15, 0.2) is 47.4 Å². The van der Waals surface area contributed by atoms with Gasteiger partial charge in [0, 0.05) is 45.1 Å². The quantitative estimate of drug-likeness (QED) is 0.359. The smallest absolute Gasteiger partial charge is 0.263 e. The van der Waals surface area contributed by atoms with E-state index in [0.717, 1.165) is 24.1 Å². The number of benzene rings is 1. The summed E-state index contributed by atoms with van der Waals surface area (Å²) < 4.78 is 25.6. The molecule has 0 unspecified atom stereocenters. The third kappa shape index (κ3) is 6.52. The minimum Gasteiger partial charge on any atom is -0.497 e. The van der Waals surface area contributed by atoms with E-state index in [0.29, 0.717) is 35.5 Å². The number of ether oxygens (including phenoxy) is 2. The van der Waals surface area contributed by atoms with Crippen molar-refractivity contribution in [3.8, 4) is 16.9 Å². The molecule has 2 aromatic heterocycles. The first-order valence-corrected chi connectivity index (χ1v) is 14.0. The van der Waals surface area contributed by atoms with Gasteiger partial charge >= 0.3 is 0 Å². The van der Waals surface area contributed by atoms with Crippen LogP contribution in [0.5, 0.6) is 5.75 Å². The minimum atomic E-state index is -1.02. The van der Waals surface area contributed by atoms with Crippen LogP contribution in [-0.4, -0.2) is 72.4 Å². The number of nitrogens with zero attached hydrogens (tertiary/aromatic N) is 3. The molecule has 1 aromatic carbocycles. The molecule has 222 valence electrons. The summed E-state index contributed by atoms with van der Waals surface area (Å²) in [5.74, 6) is 0.168. The maximum absolute atomic E-state index is 13.6. The molecule has 2 amide bonds. The van der Waals surface area contributed by atoms with Crippen molar-refractivity contribution >= 4 is 17.6 Å². The lowest BCUT2D eigenvalue weighted by molar-refractivity contribution is 0.0400. The van der Waals surface area contributed by atoms with E-state index in [4.69, 9.17) is 9.47 Å². The zero-order valence-electron chi connectivity index (χ0n) is 24.3. The summed E-state index contributed by atoms with van der Waals surface area (Å²) in [7, 11) is 4.76. The molecule has 2 N–H and O–H groups in total. The average Bonchev–Trinajstić information content (AvgIpc) is 3.82. The second-order valence-corrected chi connectivity index (χ2v) is 11.0. The Bertz CT molecular complexity index is 1550. The van der Waals surface area contributed by atoms with E-state index < -0.39 is 17.6 Å². The fourth-order valence-corrected chi connectivity index (χ4v) is 4.93. The zero-order chi connectivity index (χ0) is 30.0. The van der Waals surface area contributed by atoms with E-state index in [2.05, 4.69) is 15.6 Å². The molecule has 1 saturated heterocycles. The van der Waals surface area contributed by atoms with E-state index in [1.807, 2.05) is 13.0 Å². The van der Waals surface area contributed by atoms with Crippen molar-refractivity contribution in [2.24, 2.45) is 7.05 Å². The molecule has 0 spiro atoms. The minimum absolute atomic E-state index is 0.00404. The molecule has 11 heteroatoms. The third-order valence-corrected chi connectivity index (χ3v) is 7.62. The van der Waals surface area contributed by atoms with Gasteiger partial charge in [0.25, 0.3) is 17.4 Å². The fourth-order valence-electron chi connectivity index (χ4n) is 4.93. The van der Waals surface area contributed by atoms with Gasteiger partial charge in [-0.05, 0) is 72.9 Å². The van der Waals surface area contributed by atoms with Gasteiger partial charge in [-0.1, -0.05) is 0 Å². The number of likely N-dealkylation sites (tertiary alicyclic amines) is 1. The van der Waals surface area contributed by atoms with Crippen LogP contribution in [0, 0.1) is 0 Å². The van der Waals surface area contributed by atoms with Gasteiger partial charge in [-0.15, -0.1) is 0 Å². The summed E-state index contributed by atoms with van der Waals surface area (Å²) in [6.07, 6.45) is 2.64. The monoisotopic (exact) mass is 577 g/mol. The highest BCUT2D eigenvalue weighted by atomic mass is 19.1. The Morgan fingerprint density at radius 1 is 1.12 bits per heavy atom. The van der Waals surface area contributed by atoms with Crippen LogP contribution in [-0.2, 0) is 18.3 Å². The number of halogens is 1.